The Bertz CT molecular complexity index is 1450. The first-order valence-electron chi connectivity index (χ1n) is 13.6. The molecule has 4 atom stereocenters. The highest BCUT2D eigenvalue weighted by molar-refractivity contribution is 5.91. The normalized spacial score (nSPS) is 23.3. The Kier molecular flexibility index (Phi) is 7.36. The van der Waals surface area contributed by atoms with E-state index in [0.717, 1.165) is 53.4 Å². The Morgan fingerprint density at radius 2 is 1.97 bits per heavy atom. The van der Waals surface area contributed by atoms with Gasteiger partial charge < -0.3 is 21.3 Å². The molecule has 5 rings (SSSR count). The van der Waals surface area contributed by atoms with Crippen LogP contribution in [0.1, 0.15) is 69.5 Å². The van der Waals surface area contributed by atoms with E-state index in [2.05, 4.69) is 28.4 Å². The molecule has 3 aromatic heterocycles. The first kappa shape index (κ1) is 26.1. The highest BCUT2D eigenvalue weighted by Gasteiger charge is 2.50. The number of aromatic nitrogens is 3. The standard InChI is InChI=1S/C30H37N5O3/c1-3-4-5-6-27(36)34-26-12-9-20-8-7-19(17-23(20)33-26)13-15-30(2)18-21(28(37)29(30)38)24-10-11-25-22(31)14-16-32-35(24)25/h7-12,14,16-17,21,28-29,37-38H,3-6,13,15,18,31H2,1-2H3,(H,33,34,36)/t21-,28-,29-,30-/m0/s1. The average Bonchev–Trinajstić information content (AvgIpc) is 3.43. The third-order valence-corrected chi connectivity index (χ3v) is 8.15. The molecule has 0 bridgehead atoms. The lowest BCUT2D eigenvalue weighted by molar-refractivity contribution is -0.116. The van der Waals surface area contributed by atoms with E-state index in [0.29, 0.717) is 30.8 Å². The number of amides is 1. The van der Waals surface area contributed by atoms with Crippen LogP contribution >= 0.6 is 0 Å². The summed E-state index contributed by atoms with van der Waals surface area (Å²) in [5.74, 6) is 0.314. The Balaban J connectivity index is 1.29. The number of nitrogens with two attached hydrogens (primary N) is 1. The molecule has 1 amide bonds. The average molecular weight is 516 g/mol. The minimum atomic E-state index is -0.886. The van der Waals surface area contributed by atoms with Crippen molar-refractivity contribution >= 4 is 33.8 Å². The summed E-state index contributed by atoms with van der Waals surface area (Å²) in [6.07, 6.45) is 5.50. The predicted octanol–water partition coefficient (Wildman–Crippen LogP) is 4.83. The largest absolute Gasteiger partial charge is 0.397 e. The van der Waals surface area contributed by atoms with Crippen LogP contribution in [0.3, 0.4) is 0 Å². The summed E-state index contributed by atoms with van der Waals surface area (Å²) in [6, 6.07) is 15.6. The number of nitrogens with zero attached hydrogens (tertiary/aromatic N) is 3. The summed E-state index contributed by atoms with van der Waals surface area (Å²) in [7, 11) is 0. The Morgan fingerprint density at radius 1 is 1.16 bits per heavy atom. The second-order valence-corrected chi connectivity index (χ2v) is 11.0. The van der Waals surface area contributed by atoms with Gasteiger partial charge in [-0.3, -0.25) is 4.79 Å². The molecule has 3 heterocycles. The third-order valence-electron chi connectivity index (χ3n) is 8.15. The van der Waals surface area contributed by atoms with Crippen LogP contribution in [0, 0.1) is 5.41 Å². The number of carbonyl (C=O) groups excluding carboxylic acids is 1. The number of anilines is 2. The van der Waals surface area contributed by atoms with Gasteiger partial charge >= 0.3 is 0 Å². The van der Waals surface area contributed by atoms with Crippen molar-refractivity contribution in [2.45, 2.75) is 76.9 Å². The molecule has 4 aromatic rings. The van der Waals surface area contributed by atoms with E-state index >= 15 is 0 Å². The molecular formula is C30H37N5O3. The van der Waals surface area contributed by atoms with Gasteiger partial charge in [0.05, 0.1) is 28.9 Å². The molecule has 1 saturated carbocycles. The number of nitrogen functional groups attached to an aromatic ring is 1. The first-order valence-corrected chi connectivity index (χ1v) is 13.6. The minimum absolute atomic E-state index is 0.00800. The lowest BCUT2D eigenvalue weighted by atomic mass is 9.80. The van der Waals surface area contributed by atoms with Gasteiger partial charge in [0.1, 0.15) is 5.82 Å². The van der Waals surface area contributed by atoms with E-state index in [1.807, 2.05) is 43.3 Å². The van der Waals surface area contributed by atoms with E-state index in [4.69, 9.17) is 5.73 Å². The fourth-order valence-corrected chi connectivity index (χ4v) is 5.80. The van der Waals surface area contributed by atoms with E-state index in [1.165, 1.54) is 0 Å². The van der Waals surface area contributed by atoms with Crippen molar-refractivity contribution in [2.24, 2.45) is 5.41 Å². The fraction of sp³-hybridized carbons (Fsp3) is 0.433. The van der Waals surface area contributed by atoms with Crippen molar-refractivity contribution in [3.05, 3.63) is 66.0 Å². The number of aliphatic hydroxyl groups is 2. The summed E-state index contributed by atoms with van der Waals surface area (Å²) >= 11 is 0. The van der Waals surface area contributed by atoms with Crippen molar-refractivity contribution < 1.29 is 15.0 Å². The van der Waals surface area contributed by atoms with Crippen LogP contribution in [0.25, 0.3) is 16.4 Å². The Morgan fingerprint density at radius 3 is 2.79 bits per heavy atom. The summed E-state index contributed by atoms with van der Waals surface area (Å²) in [6.45, 7) is 4.16. The zero-order valence-electron chi connectivity index (χ0n) is 22.1. The van der Waals surface area contributed by atoms with E-state index < -0.39 is 17.6 Å². The zero-order valence-corrected chi connectivity index (χ0v) is 22.1. The summed E-state index contributed by atoms with van der Waals surface area (Å²) < 4.78 is 1.77. The number of hydrogen-bond acceptors (Lipinski definition) is 6. The van der Waals surface area contributed by atoms with Gasteiger partial charge in [0.2, 0.25) is 5.91 Å². The highest BCUT2D eigenvalue weighted by Crippen LogP contribution is 2.49. The molecule has 0 spiro atoms. The van der Waals surface area contributed by atoms with Crippen molar-refractivity contribution in [3.8, 4) is 0 Å². The van der Waals surface area contributed by atoms with Crippen molar-refractivity contribution in [3.63, 3.8) is 0 Å². The quantitative estimate of drug-likeness (QED) is 0.237. The van der Waals surface area contributed by atoms with Gasteiger partial charge in [0, 0.05) is 29.6 Å². The monoisotopic (exact) mass is 515 g/mol. The maximum Gasteiger partial charge on any atom is 0.225 e. The summed E-state index contributed by atoms with van der Waals surface area (Å²) in [4.78, 5) is 16.9. The smallest absolute Gasteiger partial charge is 0.225 e. The second kappa shape index (κ2) is 10.7. The van der Waals surface area contributed by atoms with Crippen LogP contribution in [0.5, 0.6) is 0 Å². The van der Waals surface area contributed by atoms with Crippen LogP contribution in [0.2, 0.25) is 0 Å². The van der Waals surface area contributed by atoms with Crippen molar-refractivity contribution in [2.75, 3.05) is 11.1 Å². The van der Waals surface area contributed by atoms with Crippen LogP contribution in [-0.2, 0) is 11.2 Å². The molecule has 200 valence electrons. The Hall–Kier alpha value is -3.49. The molecular weight excluding hydrogens is 478 g/mol. The van der Waals surface area contributed by atoms with Gasteiger partial charge in [-0.2, -0.15) is 5.10 Å². The van der Waals surface area contributed by atoms with Crippen LogP contribution < -0.4 is 11.1 Å². The summed E-state index contributed by atoms with van der Waals surface area (Å²) in [5.41, 5.74) is 9.85. The lowest BCUT2D eigenvalue weighted by Gasteiger charge is -2.28. The molecule has 1 aliphatic rings. The maximum absolute atomic E-state index is 12.2. The van der Waals surface area contributed by atoms with Gasteiger partial charge in [0.25, 0.3) is 0 Å². The van der Waals surface area contributed by atoms with Crippen molar-refractivity contribution in [1.29, 1.82) is 0 Å². The number of pyridine rings is 1. The molecule has 0 radical (unpaired) electrons. The summed E-state index contributed by atoms with van der Waals surface area (Å²) in [5, 5.41) is 30.5. The minimum Gasteiger partial charge on any atom is -0.397 e. The SMILES string of the molecule is CCCCCC(=O)Nc1ccc2ccc(CC[C@@]3(C)C[C@@H](c4ccc5c(N)ccnn45)[C@H](O)[C@@H]3O)cc2n1. The third kappa shape index (κ3) is 5.11. The first-order chi connectivity index (χ1) is 18.3. The highest BCUT2D eigenvalue weighted by atomic mass is 16.3. The topological polar surface area (TPSA) is 126 Å². The molecule has 1 aromatic carbocycles. The molecule has 0 aliphatic heterocycles. The maximum atomic E-state index is 12.2. The predicted molar refractivity (Wildman–Crippen MR) is 150 cm³/mol. The zero-order chi connectivity index (χ0) is 26.9. The fourth-order valence-electron chi connectivity index (χ4n) is 5.80. The molecule has 8 heteroatoms. The molecule has 1 aliphatic carbocycles. The number of nitrogens with one attached hydrogen (secondary N) is 1. The number of aliphatic hydroxyl groups excluding tert-OH is 2. The van der Waals surface area contributed by atoms with E-state index in [1.54, 1.807) is 16.8 Å². The number of unbranched alkanes of at least 4 members (excludes halogenated alkanes) is 2. The molecule has 1 fully saturated rings. The lowest BCUT2D eigenvalue weighted by Crippen LogP contribution is -2.34. The van der Waals surface area contributed by atoms with Gasteiger partial charge in [-0.25, -0.2) is 9.50 Å². The van der Waals surface area contributed by atoms with Gasteiger partial charge in [-0.1, -0.05) is 38.8 Å². The Labute approximate surface area is 222 Å². The van der Waals surface area contributed by atoms with Gasteiger partial charge in [-0.05, 0) is 73.1 Å². The number of fused-ring (bicyclic) bond motifs is 2. The second-order valence-electron chi connectivity index (χ2n) is 11.0. The molecule has 0 saturated heterocycles. The van der Waals surface area contributed by atoms with Crippen LogP contribution in [0.4, 0.5) is 11.5 Å². The van der Waals surface area contributed by atoms with Crippen LogP contribution in [-0.4, -0.2) is 42.9 Å². The van der Waals surface area contributed by atoms with Gasteiger partial charge in [-0.15, -0.1) is 0 Å². The number of benzene rings is 1. The van der Waals surface area contributed by atoms with E-state index in [-0.39, 0.29) is 11.8 Å². The number of rotatable bonds is 9. The van der Waals surface area contributed by atoms with Crippen molar-refractivity contribution in [1.82, 2.24) is 14.6 Å². The van der Waals surface area contributed by atoms with Gasteiger partial charge in [0.15, 0.2) is 0 Å². The van der Waals surface area contributed by atoms with E-state index in [9.17, 15) is 15.0 Å². The number of hydrogen-bond donors (Lipinski definition) is 4. The molecule has 0 unspecified atom stereocenters. The molecule has 8 nitrogen and oxygen atoms in total. The molecule has 5 N–H and O–H groups in total. The number of aryl methyl sites for hydroxylation is 1. The number of carbonyl (C=O) groups is 1. The molecule has 38 heavy (non-hydrogen) atoms. The van der Waals surface area contributed by atoms with Crippen LogP contribution in [0.15, 0.2) is 54.7 Å².